The number of amides is 2. The number of nitrogens with zero attached hydrogens (tertiary/aromatic N) is 8. The molecule has 4 fully saturated rings. The Morgan fingerprint density at radius 2 is 1.96 bits per heavy atom. The summed E-state index contributed by atoms with van der Waals surface area (Å²) < 4.78 is 0.972. The maximum Gasteiger partial charge on any atom is 1.00 e. The van der Waals surface area contributed by atoms with Crippen molar-refractivity contribution in [3.8, 4) is 11.5 Å². The Hall–Kier alpha value is -3.79. The number of tetrazole rings is 1. The van der Waals surface area contributed by atoms with Crippen molar-refractivity contribution >= 4 is 74.8 Å². The molecule has 0 unspecified atom stereocenters. The number of β-lactam (4-membered cyclic amide) rings is 1. The van der Waals surface area contributed by atoms with Gasteiger partial charge >= 0.3 is 29.6 Å². The minimum absolute atomic E-state index is 0. The van der Waals surface area contributed by atoms with Crippen molar-refractivity contribution in [2.24, 2.45) is 17.0 Å². The molecule has 3 aromatic rings. The Balaban J connectivity index is 0.00000481. The van der Waals surface area contributed by atoms with Crippen LogP contribution in [-0.2, 0) is 19.2 Å². The molecule has 7 heterocycles. The molecule has 3 atom stereocenters. The number of phenols is 2. The van der Waals surface area contributed by atoms with Gasteiger partial charge in [0.25, 0.3) is 5.91 Å². The fraction of sp³-hybridized carbons (Fsp3) is 0.452. The number of carbonyl (C=O) groups is 4. The van der Waals surface area contributed by atoms with Crippen molar-refractivity contribution in [1.82, 2.24) is 35.8 Å². The summed E-state index contributed by atoms with van der Waals surface area (Å²) in [4.78, 5) is 63.2. The third kappa shape index (κ3) is 7.76. The molecule has 1 aromatic carbocycles. The Labute approximate surface area is 337 Å². The number of anilines is 1. The molecule has 4 saturated heterocycles. The summed E-state index contributed by atoms with van der Waals surface area (Å²) in [6.07, 6.45) is 3.32. The van der Waals surface area contributed by atoms with Crippen LogP contribution in [0, 0.1) is 11.8 Å². The van der Waals surface area contributed by atoms with Crippen LogP contribution in [0.5, 0.6) is 11.5 Å². The summed E-state index contributed by atoms with van der Waals surface area (Å²) in [5, 5.41) is 53.5. The average Bonchev–Trinajstić information content (AvgIpc) is 3.83. The van der Waals surface area contributed by atoms with Gasteiger partial charge in [-0.3, -0.25) is 29.6 Å². The number of piperidine rings is 3. The fourth-order valence-corrected chi connectivity index (χ4v) is 9.41. The van der Waals surface area contributed by atoms with Crippen molar-refractivity contribution < 1.29 is 73.4 Å². The van der Waals surface area contributed by atoms with Crippen LogP contribution in [0.25, 0.3) is 5.70 Å². The number of thioether (sulfide) groups is 1. The Morgan fingerprint density at radius 1 is 1.23 bits per heavy atom. The van der Waals surface area contributed by atoms with Crippen LogP contribution >= 0.6 is 34.7 Å². The van der Waals surface area contributed by atoms with Crippen molar-refractivity contribution in [2.45, 2.75) is 37.1 Å². The van der Waals surface area contributed by atoms with Gasteiger partial charge in [0.05, 0.1) is 59.0 Å². The van der Waals surface area contributed by atoms with Gasteiger partial charge in [0, 0.05) is 23.1 Å². The maximum absolute atomic E-state index is 13.8. The number of benzene rings is 1. The number of carboxylic acids is 1. The number of fused-ring (bicyclic) bond motifs is 4. The number of phenolic OH excluding ortho intramolecular Hbond substituents is 2. The summed E-state index contributed by atoms with van der Waals surface area (Å²) in [5.74, 6) is -4.07. The molecular formula is C31H32ClN10NaO8S2. The van der Waals surface area contributed by atoms with Gasteiger partial charge in [0.1, 0.15) is 24.9 Å². The molecule has 2 aromatic heterocycles. The smallest absolute Gasteiger partial charge is 0.548 e. The number of hydrogen-bond donors (Lipinski definition) is 4. The number of hydrogen-bond acceptors (Lipinski definition) is 16. The van der Waals surface area contributed by atoms with Gasteiger partial charge in [0.15, 0.2) is 28.1 Å². The zero-order valence-electron chi connectivity index (χ0n) is 28.3. The van der Waals surface area contributed by atoms with Crippen LogP contribution in [0.3, 0.4) is 0 Å². The molecule has 5 N–H and O–H groups in total. The van der Waals surface area contributed by atoms with Crippen LogP contribution in [0.4, 0.5) is 5.13 Å². The number of aromatic hydroxyl groups is 2. The molecule has 0 saturated carbocycles. The zero-order valence-corrected chi connectivity index (χ0v) is 32.7. The second-order valence-electron chi connectivity index (χ2n) is 13.1. The average molecular weight is 795 g/mol. The van der Waals surface area contributed by atoms with E-state index in [4.69, 9.17) is 22.2 Å². The second kappa shape index (κ2) is 15.9. The van der Waals surface area contributed by atoms with E-state index in [1.807, 2.05) is 0 Å². The third-order valence-electron chi connectivity index (χ3n) is 10.0. The molecule has 8 rings (SSSR count). The van der Waals surface area contributed by atoms with Gasteiger partial charge in [-0.25, -0.2) is 4.98 Å². The van der Waals surface area contributed by atoms with E-state index in [2.05, 4.69) is 36.1 Å². The number of aromatic nitrogens is 5. The molecule has 0 spiro atoms. The molecule has 53 heavy (non-hydrogen) atoms. The molecule has 5 aliphatic heterocycles. The summed E-state index contributed by atoms with van der Waals surface area (Å²) >= 11 is 8.52. The SMILES string of the molecule is Nc1nc(/C(=N/OC[C@H](NC(=O)c2ccc(O)c(O)c2Cl)C(=O)[O-])C(=O)C[C@@H]2C(=O)N3C(c4nnn[n-]4)=C(C[N+]45CCC(CC4)CC5)CS[C@H]23)cs1.[Na+]. The number of nitrogens with one attached hydrogen (secondary N) is 1. The van der Waals surface area contributed by atoms with E-state index in [0.29, 0.717) is 11.4 Å². The number of aliphatic carboxylic acids is 1. The number of nitrogens with two attached hydrogens (primary N) is 1. The number of Topliss-reactive ketones (excluding diaryl/α,β-unsaturated/α-hetero) is 1. The van der Waals surface area contributed by atoms with E-state index in [1.165, 1.54) is 24.6 Å². The van der Waals surface area contributed by atoms with E-state index in [0.717, 1.165) is 65.6 Å². The predicted molar refractivity (Wildman–Crippen MR) is 183 cm³/mol. The number of rotatable bonds is 13. The van der Waals surface area contributed by atoms with Gasteiger partial charge in [-0.1, -0.05) is 16.8 Å². The molecular weight excluding hydrogens is 763 g/mol. The zero-order chi connectivity index (χ0) is 36.7. The number of halogens is 1. The van der Waals surface area contributed by atoms with Gasteiger partial charge in [-0.2, -0.15) is 5.21 Å². The molecule has 0 aliphatic carbocycles. The first-order valence-electron chi connectivity index (χ1n) is 16.3. The molecule has 274 valence electrons. The first kappa shape index (κ1) is 38.9. The Bertz CT molecular complexity index is 1970. The van der Waals surface area contributed by atoms with Crippen LogP contribution in [0.15, 0.2) is 28.2 Å². The standard InChI is InChI=1S/C31H33ClN10O8S2.Na/c32-22-16(1-2-20(43)25(22)45)27(46)34-18(30(48)49)11-50-38-23(19-13-52-31(33)35-19)21(44)9-17-28(47)41-24(26-36-39-40-37-26)15(12-51-29(17)41)10-42-6-3-14(4-7-42)5-8-42;/h1-2,13-14,17-18,29H,3-12H2,(H6-,33,34,35,36,37,38,39,40,43,44,45,46,48,49);/q;+1/p-1/t14?,17-,18+,29-,42?;/m1./s1. The molecule has 2 amide bonds. The van der Waals surface area contributed by atoms with Gasteiger partial charge in [-0.15, -0.1) is 23.1 Å². The van der Waals surface area contributed by atoms with Crippen molar-refractivity contribution in [3.63, 3.8) is 0 Å². The maximum atomic E-state index is 13.8. The van der Waals surface area contributed by atoms with Crippen molar-refractivity contribution in [2.75, 3.05) is 44.3 Å². The van der Waals surface area contributed by atoms with Crippen LogP contribution in [-0.4, -0.2) is 119 Å². The largest absolute Gasteiger partial charge is 1.00 e. The molecule has 18 nitrogen and oxygen atoms in total. The van der Waals surface area contributed by atoms with Crippen LogP contribution < -0.4 is 50.8 Å². The summed E-state index contributed by atoms with van der Waals surface area (Å²) in [6.45, 7) is 3.27. The van der Waals surface area contributed by atoms with Crippen molar-refractivity contribution in [1.29, 1.82) is 0 Å². The van der Waals surface area contributed by atoms with Crippen molar-refractivity contribution in [3.05, 3.63) is 45.2 Å². The topological polar surface area (TPSA) is 260 Å². The molecule has 2 bridgehead atoms. The summed E-state index contributed by atoms with van der Waals surface area (Å²) in [6, 6.07) is 0.290. The fourth-order valence-electron chi connectivity index (χ4n) is 7.21. The van der Waals surface area contributed by atoms with Gasteiger partial charge in [-0.05, 0) is 37.3 Å². The number of ketones is 1. The van der Waals surface area contributed by atoms with Crippen LogP contribution in [0.2, 0.25) is 5.02 Å². The Morgan fingerprint density at radius 3 is 2.60 bits per heavy atom. The number of carboxylic acid groups (broad SMARTS) is 1. The van der Waals surface area contributed by atoms with E-state index in [-0.39, 0.29) is 69.8 Å². The first-order valence-corrected chi connectivity index (χ1v) is 18.6. The van der Waals surface area contributed by atoms with Gasteiger partial charge < -0.3 is 45.6 Å². The number of oxime groups is 1. The minimum atomic E-state index is -1.79. The van der Waals surface area contributed by atoms with E-state index < -0.39 is 58.1 Å². The number of thiazole rings is 1. The number of carbonyl (C=O) groups excluding carboxylic acids is 4. The number of nitrogen functional groups attached to an aromatic ring is 1. The van der Waals surface area contributed by atoms with Gasteiger partial charge in [0.2, 0.25) is 5.91 Å². The first-order chi connectivity index (χ1) is 24.9. The third-order valence-corrected chi connectivity index (χ3v) is 12.5. The predicted octanol–water partition coefficient (Wildman–Crippen LogP) is -3.26. The molecule has 0 radical (unpaired) electrons. The Kier molecular flexibility index (Phi) is 11.7. The number of quaternary nitrogens is 1. The molecule has 22 heteroatoms. The second-order valence-corrected chi connectivity index (χ2v) is 15.5. The molecule has 5 aliphatic rings. The summed E-state index contributed by atoms with van der Waals surface area (Å²) in [5.41, 5.74) is 6.90. The normalized spacial score (nSPS) is 24.2. The van der Waals surface area contributed by atoms with Crippen LogP contribution in [0.1, 0.15) is 47.6 Å². The van der Waals surface area contributed by atoms with E-state index in [1.54, 1.807) is 16.7 Å². The minimum Gasteiger partial charge on any atom is -0.548 e. The van der Waals surface area contributed by atoms with E-state index in [9.17, 15) is 34.5 Å². The monoisotopic (exact) mass is 794 g/mol. The summed E-state index contributed by atoms with van der Waals surface area (Å²) in [7, 11) is 0. The van der Waals surface area contributed by atoms with E-state index >= 15 is 0 Å². The quantitative estimate of drug-likeness (QED) is 0.0331.